The van der Waals surface area contributed by atoms with Gasteiger partial charge in [-0.1, -0.05) is 12.1 Å². The first-order valence-corrected chi connectivity index (χ1v) is 7.88. The Morgan fingerprint density at radius 1 is 1.24 bits per heavy atom. The smallest absolute Gasteiger partial charge is 0.324 e. The van der Waals surface area contributed by atoms with E-state index in [4.69, 9.17) is 19.9 Å². The first kappa shape index (κ1) is 16.7. The molecule has 9 nitrogen and oxygen atoms in total. The minimum absolute atomic E-state index is 0.0948. The molecule has 1 aromatic rings. The highest BCUT2D eigenvalue weighted by Crippen LogP contribution is 2.39. The van der Waals surface area contributed by atoms with Crippen LogP contribution in [0.4, 0.5) is 5.69 Å². The van der Waals surface area contributed by atoms with Crippen molar-refractivity contribution < 1.29 is 23.8 Å². The van der Waals surface area contributed by atoms with Crippen molar-refractivity contribution in [2.75, 3.05) is 18.1 Å². The first-order chi connectivity index (χ1) is 12.1. The van der Waals surface area contributed by atoms with Crippen molar-refractivity contribution in [1.82, 2.24) is 0 Å². The van der Waals surface area contributed by atoms with Gasteiger partial charge in [0.05, 0.1) is 18.9 Å². The van der Waals surface area contributed by atoms with Crippen LogP contribution in [-0.4, -0.2) is 43.3 Å². The molecule has 2 aliphatic heterocycles. The molecule has 0 bridgehead atoms. The number of aliphatic imine (C=N–C) groups is 2. The zero-order valence-electron chi connectivity index (χ0n) is 13.8. The average molecular weight is 346 g/mol. The number of amidine groups is 1. The molecule has 0 radical (unpaired) electrons. The summed E-state index contributed by atoms with van der Waals surface area (Å²) in [6.45, 7) is 3.54. The summed E-state index contributed by atoms with van der Waals surface area (Å²) in [6.07, 6.45) is -1.01. The molecule has 0 fully saturated rings. The number of ether oxygens (including phenoxy) is 3. The number of anilines is 1. The van der Waals surface area contributed by atoms with Gasteiger partial charge in [0.15, 0.2) is 17.8 Å². The maximum atomic E-state index is 12.4. The minimum Gasteiger partial charge on any atom is -0.465 e. The zero-order chi connectivity index (χ0) is 18.0. The van der Waals surface area contributed by atoms with E-state index in [1.807, 2.05) is 0 Å². The molecule has 2 aliphatic rings. The molecule has 0 amide bonds. The van der Waals surface area contributed by atoms with E-state index in [1.165, 1.54) is 0 Å². The number of rotatable bonds is 5. The summed E-state index contributed by atoms with van der Waals surface area (Å²) in [5.41, 5.74) is 6.38. The largest absolute Gasteiger partial charge is 0.465 e. The highest BCUT2D eigenvalue weighted by atomic mass is 16.6. The Hall–Kier alpha value is -3.10. The van der Waals surface area contributed by atoms with Gasteiger partial charge in [0, 0.05) is 0 Å². The van der Waals surface area contributed by atoms with Crippen molar-refractivity contribution in [2.24, 2.45) is 21.6 Å². The van der Waals surface area contributed by atoms with Gasteiger partial charge >= 0.3 is 18.0 Å². The number of carbonyl (C=O) groups excluding carboxylic acids is 2. The fourth-order valence-corrected chi connectivity index (χ4v) is 2.67. The standard InChI is InChI=1S/C16H18N4O5/c1-3-23-13(21)11(14(22)24-4-2)12-18-15(17)19-16-20(12)9-7-5-6-8-10(9)25-16/h5-8,11-12H,3-4H2,1-2H3,(H2,17,18). The summed E-state index contributed by atoms with van der Waals surface area (Å²) >= 11 is 0. The second-order valence-electron chi connectivity index (χ2n) is 5.22. The van der Waals surface area contributed by atoms with Crippen molar-refractivity contribution in [3.8, 4) is 5.75 Å². The van der Waals surface area contributed by atoms with Crippen LogP contribution in [0.3, 0.4) is 0 Å². The number of hydrogen-bond acceptors (Lipinski definition) is 9. The number of carbonyl (C=O) groups is 2. The van der Waals surface area contributed by atoms with Crippen LogP contribution in [0.1, 0.15) is 13.8 Å². The summed E-state index contributed by atoms with van der Waals surface area (Å²) in [5.74, 6) is -2.37. The maximum Gasteiger partial charge on any atom is 0.324 e. The van der Waals surface area contributed by atoms with E-state index in [9.17, 15) is 9.59 Å². The van der Waals surface area contributed by atoms with Crippen LogP contribution < -0.4 is 15.4 Å². The number of nitrogens with two attached hydrogens (primary N) is 1. The molecule has 2 N–H and O–H groups in total. The van der Waals surface area contributed by atoms with Crippen LogP contribution in [-0.2, 0) is 19.1 Å². The van der Waals surface area contributed by atoms with Crippen LogP contribution >= 0.6 is 0 Å². The Labute approximate surface area is 144 Å². The number of para-hydroxylation sites is 2. The van der Waals surface area contributed by atoms with Gasteiger partial charge in [-0.25, -0.2) is 4.99 Å². The minimum atomic E-state index is -1.32. The van der Waals surface area contributed by atoms with Crippen LogP contribution in [0.25, 0.3) is 0 Å². The molecule has 0 saturated heterocycles. The lowest BCUT2D eigenvalue weighted by Gasteiger charge is -2.31. The van der Waals surface area contributed by atoms with E-state index in [-0.39, 0.29) is 25.2 Å². The van der Waals surface area contributed by atoms with E-state index >= 15 is 0 Å². The van der Waals surface area contributed by atoms with E-state index in [2.05, 4.69) is 9.98 Å². The van der Waals surface area contributed by atoms with Crippen molar-refractivity contribution >= 4 is 29.6 Å². The third-order valence-corrected chi connectivity index (χ3v) is 3.65. The Balaban J connectivity index is 2.03. The lowest BCUT2D eigenvalue weighted by Crippen LogP contribution is -2.52. The van der Waals surface area contributed by atoms with Gasteiger partial charge < -0.3 is 19.9 Å². The van der Waals surface area contributed by atoms with Gasteiger partial charge in [0.2, 0.25) is 5.96 Å². The number of benzene rings is 1. The normalized spacial score (nSPS) is 17.9. The molecule has 0 spiro atoms. The number of esters is 2. The topological polar surface area (TPSA) is 116 Å². The monoisotopic (exact) mass is 346 g/mol. The molecule has 9 heteroatoms. The second-order valence-corrected chi connectivity index (χ2v) is 5.22. The summed E-state index contributed by atoms with van der Waals surface area (Å²) in [4.78, 5) is 34.6. The van der Waals surface area contributed by atoms with E-state index < -0.39 is 24.0 Å². The third kappa shape index (κ3) is 3.00. The van der Waals surface area contributed by atoms with E-state index in [0.717, 1.165) is 0 Å². The fraction of sp³-hybridized carbons (Fsp3) is 0.375. The summed E-state index contributed by atoms with van der Waals surface area (Å²) in [7, 11) is 0. The predicted octanol–water partition coefficient (Wildman–Crippen LogP) is 0.638. The van der Waals surface area contributed by atoms with Crippen LogP contribution in [0.15, 0.2) is 34.3 Å². The second kappa shape index (κ2) is 6.80. The van der Waals surface area contributed by atoms with Crippen molar-refractivity contribution in [3.05, 3.63) is 24.3 Å². The summed E-state index contributed by atoms with van der Waals surface area (Å²) < 4.78 is 15.7. The average Bonchev–Trinajstić information content (AvgIpc) is 2.93. The molecule has 1 unspecified atom stereocenters. The quantitative estimate of drug-likeness (QED) is 0.614. The molecule has 0 saturated carbocycles. The van der Waals surface area contributed by atoms with Gasteiger partial charge in [-0.15, -0.1) is 0 Å². The van der Waals surface area contributed by atoms with Gasteiger partial charge in [-0.05, 0) is 26.0 Å². The molecule has 132 valence electrons. The molecular formula is C16H18N4O5. The maximum absolute atomic E-state index is 12.4. The molecule has 1 aromatic carbocycles. The number of nitrogens with zero attached hydrogens (tertiary/aromatic N) is 3. The Morgan fingerprint density at radius 2 is 1.88 bits per heavy atom. The van der Waals surface area contributed by atoms with Gasteiger partial charge in [0.1, 0.15) is 0 Å². The number of guanidine groups is 1. The van der Waals surface area contributed by atoms with Crippen molar-refractivity contribution in [1.29, 1.82) is 0 Å². The molecule has 0 aromatic heterocycles. The Bertz CT molecular complexity index is 743. The highest BCUT2D eigenvalue weighted by Gasteiger charge is 2.47. The first-order valence-electron chi connectivity index (χ1n) is 7.88. The van der Waals surface area contributed by atoms with Gasteiger partial charge in [-0.3, -0.25) is 14.5 Å². The lowest BCUT2D eigenvalue weighted by molar-refractivity contribution is -0.162. The molecule has 2 heterocycles. The zero-order valence-corrected chi connectivity index (χ0v) is 13.8. The Morgan fingerprint density at radius 3 is 2.52 bits per heavy atom. The van der Waals surface area contributed by atoms with Gasteiger partial charge in [-0.2, -0.15) is 4.99 Å². The summed E-state index contributed by atoms with van der Waals surface area (Å²) in [5, 5.41) is 0. The molecule has 25 heavy (non-hydrogen) atoms. The van der Waals surface area contributed by atoms with Gasteiger partial charge in [0.25, 0.3) is 0 Å². The van der Waals surface area contributed by atoms with Crippen molar-refractivity contribution in [2.45, 2.75) is 20.0 Å². The molecule has 1 atom stereocenters. The molecule has 0 aliphatic carbocycles. The number of fused-ring (bicyclic) bond motifs is 3. The van der Waals surface area contributed by atoms with Crippen LogP contribution in [0.2, 0.25) is 0 Å². The number of hydrogen-bond donors (Lipinski definition) is 1. The third-order valence-electron chi connectivity index (χ3n) is 3.65. The highest BCUT2D eigenvalue weighted by molar-refractivity contribution is 6.09. The van der Waals surface area contributed by atoms with E-state index in [1.54, 1.807) is 43.0 Å². The fourth-order valence-electron chi connectivity index (χ4n) is 2.67. The predicted molar refractivity (Wildman–Crippen MR) is 89.2 cm³/mol. The van der Waals surface area contributed by atoms with E-state index in [0.29, 0.717) is 11.4 Å². The Kier molecular flexibility index (Phi) is 4.55. The molecular weight excluding hydrogens is 328 g/mol. The van der Waals surface area contributed by atoms with Crippen molar-refractivity contribution in [3.63, 3.8) is 0 Å². The van der Waals surface area contributed by atoms with Crippen LogP contribution in [0, 0.1) is 5.92 Å². The SMILES string of the molecule is CCOC(=O)C(C(=O)OCC)C1N=C(N)N=C2Oc3ccccc3N21. The molecule has 3 rings (SSSR count). The lowest BCUT2D eigenvalue weighted by atomic mass is 10.0. The van der Waals surface area contributed by atoms with Crippen LogP contribution in [0.5, 0.6) is 5.75 Å². The summed E-state index contributed by atoms with van der Waals surface area (Å²) in [6, 6.07) is 7.26.